The summed E-state index contributed by atoms with van der Waals surface area (Å²) in [5, 5.41) is 0. The lowest BCUT2D eigenvalue weighted by molar-refractivity contribution is -0.136. The predicted octanol–water partition coefficient (Wildman–Crippen LogP) is 2.01. The van der Waals surface area contributed by atoms with Crippen LogP contribution in [0.3, 0.4) is 0 Å². The van der Waals surface area contributed by atoms with Gasteiger partial charge in [0.25, 0.3) is 0 Å². The van der Waals surface area contributed by atoms with Crippen LogP contribution in [0.5, 0.6) is 0 Å². The summed E-state index contributed by atoms with van der Waals surface area (Å²) >= 11 is 0. The van der Waals surface area contributed by atoms with Gasteiger partial charge in [-0.15, -0.1) is 0 Å². The molecule has 1 aliphatic heterocycles. The number of rotatable bonds is 1. The Morgan fingerprint density at radius 2 is 1.78 bits per heavy atom. The number of nitrogens with two attached hydrogens (primary N) is 1. The monoisotopic (exact) mass is 250 g/mol. The minimum absolute atomic E-state index is 0.263. The molecule has 2 N–H and O–H groups in total. The molecule has 5 unspecified atom stereocenters. The second-order valence-electron chi connectivity index (χ2n) is 6.85. The summed E-state index contributed by atoms with van der Waals surface area (Å²) in [5.74, 6) is 2.84. The molecular weight excluding hydrogens is 224 g/mol. The van der Waals surface area contributed by atoms with E-state index in [4.69, 9.17) is 5.73 Å². The van der Waals surface area contributed by atoms with Crippen LogP contribution in [-0.2, 0) is 4.79 Å². The van der Waals surface area contributed by atoms with Gasteiger partial charge in [-0.25, -0.2) is 0 Å². The number of hydrogen-bond donors (Lipinski definition) is 1. The van der Waals surface area contributed by atoms with Gasteiger partial charge in [0.15, 0.2) is 0 Å². The highest BCUT2D eigenvalue weighted by Crippen LogP contribution is 2.39. The van der Waals surface area contributed by atoms with Crippen LogP contribution in [-0.4, -0.2) is 29.9 Å². The fourth-order valence-corrected chi connectivity index (χ4v) is 4.32. The number of carbonyl (C=O) groups excluding carboxylic acids is 1. The van der Waals surface area contributed by atoms with Crippen LogP contribution in [0.4, 0.5) is 0 Å². The molecule has 0 bridgehead atoms. The van der Waals surface area contributed by atoms with E-state index in [2.05, 4.69) is 11.8 Å². The van der Waals surface area contributed by atoms with E-state index >= 15 is 0 Å². The van der Waals surface area contributed by atoms with Gasteiger partial charge in [-0.1, -0.05) is 13.3 Å². The maximum atomic E-state index is 12.6. The van der Waals surface area contributed by atoms with Crippen molar-refractivity contribution in [3.63, 3.8) is 0 Å². The number of likely N-dealkylation sites (tertiary alicyclic amines) is 1. The Balaban J connectivity index is 1.58. The van der Waals surface area contributed by atoms with Gasteiger partial charge in [-0.2, -0.15) is 0 Å². The minimum atomic E-state index is 0.263. The summed E-state index contributed by atoms with van der Waals surface area (Å²) in [6.45, 7) is 4.28. The van der Waals surface area contributed by atoms with E-state index in [1.54, 1.807) is 0 Å². The van der Waals surface area contributed by atoms with Crippen molar-refractivity contribution in [3.8, 4) is 0 Å². The van der Waals surface area contributed by atoms with Crippen molar-refractivity contribution in [1.29, 1.82) is 0 Å². The Morgan fingerprint density at radius 3 is 2.39 bits per heavy atom. The zero-order chi connectivity index (χ0) is 12.7. The topological polar surface area (TPSA) is 46.3 Å². The van der Waals surface area contributed by atoms with Crippen molar-refractivity contribution in [1.82, 2.24) is 4.90 Å². The van der Waals surface area contributed by atoms with Gasteiger partial charge in [-0.3, -0.25) is 4.79 Å². The third-order valence-electron chi connectivity index (χ3n) is 5.62. The lowest BCUT2D eigenvalue weighted by Gasteiger charge is -2.33. The van der Waals surface area contributed by atoms with E-state index < -0.39 is 0 Å². The molecule has 0 radical (unpaired) electrons. The molecule has 2 aliphatic carbocycles. The summed E-state index contributed by atoms with van der Waals surface area (Å²) in [6.07, 6.45) is 7.12. The van der Waals surface area contributed by atoms with Crippen LogP contribution in [0.25, 0.3) is 0 Å². The van der Waals surface area contributed by atoms with Crippen LogP contribution >= 0.6 is 0 Å². The quantitative estimate of drug-likeness (QED) is 0.774. The van der Waals surface area contributed by atoms with Gasteiger partial charge >= 0.3 is 0 Å². The van der Waals surface area contributed by atoms with Crippen LogP contribution < -0.4 is 5.73 Å². The van der Waals surface area contributed by atoms with Gasteiger partial charge in [0.2, 0.25) is 5.91 Å². The number of nitrogens with zero attached hydrogens (tertiary/aromatic N) is 1. The lowest BCUT2D eigenvalue weighted by Crippen LogP contribution is -2.42. The van der Waals surface area contributed by atoms with Crippen molar-refractivity contribution >= 4 is 5.91 Å². The first-order valence-electron chi connectivity index (χ1n) is 7.69. The number of carbonyl (C=O) groups is 1. The Kier molecular flexibility index (Phi) is 3.35. The Bertz CT molecular complexity index is 312. The molecule has 18 heavy (non-hydrogen) atoms. The van der Waals surface area contributed by atoms with Crippen LogP contribution in [0.2, 0.25) is 0 Å². The average molecular weight is 250 g/mol. The zero-order valence-corrected chi connectivity index (χ0v) is 11.5. The molecule has 102 valence electrons. The Labute approximate surface area is 110 Å². The van der Waals surface area contributed by atoms with E-state index in [9.17, 15) is 4.79 Å². The van der Waals surface area contributed by atoms with E-state index in [0.717, 1.165) is 44.2 Å². The molecule has 3 rings (SSSR count). The summed E-state index contributed by atoms with van der Waals surface area (Å²) < 4.78 is 0. The maximum absolute atomic E-state index is 12.6. The second-order valence-corrected chi connectivity index (χ2v) is 6.85. The molecule has 3 aliphatic rings. The van der Waals surface area contributed by atoms with Gasteiger partial charge in [0.05, 0.1) is 0 Å². The van der Waals surface area contributed by atoms with Crippen LogP contribution in [0, 0.1) is 23.7 Å². The van der Waals surface area contributed by atoms with Crippen molar-refractivity contribution in [3.05, 3.63) is 0 Å². The van der Waals surface area contributed by atoms with Gasteiger partial charge < -0.3 is 10.6 Å². The second kappa shape index (κ2) is 4.84. The van der Waals surface area contributed by atoms with E-state index in [-0.39, 0.29) is 5.92 Å². The smallest absolute Gasteiger partial charge is 0.225 e. The van der Waals surface area contributed by atoms with Crippen molar-refractivity contribution in [2.24, 2.45) is 29.4 Å². The summed E-state index contributed by atoms with van der Waals surface area (Å²) in [6, 6.07) is 0.312. The lowest BCUT2D eigenvalue weighted by atomic mass is 9.79. The molecular formula is C15H26N2O. The van der Waals surface area contributed by atoms with E-state index in [1.165, 1.54) is 19.3 Å². The molecule has 1 heterocycles. The minimum Gasteiger partial charge on any atom is -0.342 e. The number of fused-ring (bicyclic) bond motifs is 1. The molecule has 1 saturated heterocycles. The number of hydrogen-bond acceptors (Lipinski definition) is 2. The highest BCUT2D eigenvalue weighted by Gasteiger charge is 2.40. The van der Waals surface area contributed by atoms with E-state index in [1.807, 2.05) is 0 Å². The average Bonchev–Trinajstić information content (AvgIpc) is 2.92. The zero-order valence-electron chi connectivity index (χ0n) is 11.5. The summed E-state index contributed by atoms with van der Waals surface area (Å²) in [5.41, 5.74) is 6.04. The third-order valence-corrected chi connectivity index (χ3v) is 5.62. The molecule has 2 saturated carbocycles. The van der Waals surface area contributed by atoms with Gasteiger partial charge in [-0.05, 0) is 49.9 Å². The normalized spacial score (nSPS) is 44.1. The maximum Gasteiger partial charge on any atom is 0.225 e. The molecule has 3 fully saturated rings. The van der Waals surface area contributed by atoms with Gasteiger partial charge in [0, 0.05) is 25.0 Å². The standard InChI is InChI=1S/C15H26N2O/c1-10-7-11(5-6-14(10)16)15(18)17-8-12-3-2-4-13(12)9-17/h10-14H,2-9,16H2,1H3. The molecule has 1 amide bonds. The molecule has 3 nitrogen and oxygen atoms in total. The summed E-state index contributed by atoms with van der Waals surface area (Å²) in [7, 11) is 0. The molecule has 0 aromatic rings. The molecule has 0 aromatic carbocycles. The molecule has 5 atom stereocenters. The van der Waals surface area contributed by atoms with Gasteiger partial charge in [0.1, 0.15) is 0 Å². The highest BCUT2D eigenvalue weighted by molar-refractivity contribution is 5.79. The first-order valence-corrected chi connectivity index (χ1v) is 7.69. The third kappa shape index (κ3) is 2.18. The fraction of sp³-hybridized carbons (Fsp3) is 0.933. The molecule has 0 spiro atoms. The van der Waals surface area contributed by atoms with Crippen molar-refractivity contribution in [2.45, 2.75) is 51.5 Å². The number of amides is 1. The summed E-state index contributed by atoms with van der Waals surface area (Å²) in [4.78, 5) is 14.7. The van der Waals surface area contributed by atoms with Crippen LogP contribution in [0.1, 0.15) is 45.4 Å². The highest BCUT2D eigenvalue weighted by atomic mass is 16.2. The first kappa shape index (κ1) is 12.5. The van der Waals surface area contributed by atoms with Crippen LogP contribution in [0.15, 0.2) is 0 Å². The van der Waals surface area contributed by atoms with Crippen molar-refractivity contribution in [2.75, 3.05) is 13.1 Å². The first-order chi connectivity index (χ1) is 8.65. The van der Waals surface area contributed by atoms with Crippen molar-refractivity contribution < 1.29 is 4.79 Å². The molecule has 0 aromatic heterocycles. The predicted molar refractivity (Wildman–Crippen MR) is 71.9 cm³/mol. The Hall–Kier alpha value is -0.570. The fourth-order valence-electron chi connectivity index (χ4n) is 4.32. The largest absolute Gasteiger partial charge is 0.342 e. The molecule has 3 heteroatoms. The van der Waals surface area contributed by atoms with E-state index in [0.29, 0.717) is 17.9 Å². The Morgan fingerprint density at radius 1 is 1.11 bits per heavy atom. The SMILES string of the molecule is CC1CC(C(=O)N2CC3CCCC3C2)CCC1N.